The Balaban J connectivity index is 2.03. The summed E-state index contributed by atoms with van der Waals surface area (Å²) in [5.74, 6) is 0.725. The lowest BCUT2D eigenvalue weighted by atomic mass is 10.1. The van der Waals surface area contributed by atoms with Crippen LogP contribution in [0.3, 0.4) is 0 Å². The van der Waals surface area contributed by atoms with E-state index in [2.05, 4.69) is 24.1 Å². The van der Waals surface area contributed by atoms with Gasteiger partial charge >= 0.3 is 0 Å². The summed E-state index contributed by atoms with van der Waals surface area (Å²) in [6.45, 7) is 8.41. The van der Waals surface area contributed by atoms with Crippen molar-refractivity contribution in [2.45, 2.75) is 32.7 Å². The molecule has 3 heteroatoms. The molecule has 0 aromatic heterocycles. The number of nitrogens with one attached hydrogen (secondary N) is 1. The van der Waals surface area contributed by atoms with Crippen LogP contribution in [0.1, 0.15) is 38.3 Å². The van der Waals surface area contributed by atoms with Crippen LogP contribution in [-0.4, -0.2) is 31.1 Å². The van der Waals surface area contributed by atoms with Gasteiger partial charge in [0.1, 0.15) is 5.82 Å². The molecule has 0 saturated carbocycles. The van der Waals surface area contributed by atoms with Crippen molar-refractivity contribution in [3.05, 3.63) is 35.6 Å². The van der Waals surface area contributed by atoms with Gasteiger partial charge in [0.05, 0.1) is 0 Å². The molecule has 19 heavy (non-hydrogen) atoms. The van der Waals surface area contributed by atoms with Crippen LogP contribution in [0, 0.1) is 11.7 Å². The quantitative estimate of drug-likeness (QED) is 0.849. The van der Waals surface area contributed by atoms with Gasteiger partial charge in [-0.15, -0.1) is 0 Å². The number of likely N-dealkylation sites (N-methyl/N-ethyl adjacent to an activating group) is 1. The third kappa shape index (κ3) is 3.77. The van der Waals surface area contributed by atoms with Gasteiger partial charge in [0.15, 0.2) is 0 Å². The van der Waals surface area contributed by atoms with E-state index in [1.165, 1.54) is 12.8 Å². The highest BCUT2D eigenvalue weighted by Gasteiger charge is 2.24. The SMILES string of the molecule is CCNC(CN1CCC(CC)C1)c1ccccc1F. The second kappa shape index (κ2) is 7.01. The maximum Gasteiger partial charge on any atom is 0.128 e. The first kappa shape index (κ1) is 14.5. The lowest BCUT2D eigenvalue weighted by Crippen LogP contribution is -2.34. The van der Waals surface area contributed by atoms with Gasteiger partial charge in [-0.25, -0.2) is 4.39 Å². The second-order valence-electron chi connectivity index (χ2n) is 5.45. The smallest absolute Gasteiger partial charge is 0.128 e. The Morgan fingerprint density at radius 1 is 1.37 bits per heavy atom. The molecule has 1 aromatic rings. The first-order valence-corrected chi connectivity index (χ1v) is 7.44. The molecule has 1 saturated heterocycles. The third-order valence-electron chi connectivity index (χ3n) is 4.12. The Labute approximate surface area is 116 Å². The van der Waals surface area contributed by atoms with Crippen LogP contribution in [0.5, 0.6) is 0 Å². The monoisotopic (exact) mass is 264 g/mol. The van der Waals surface area contributed by atoms with Gasteiger partial charge in [-0.1, -0.05) is 38.5 Å². The minimum atomic E-state index is -0.0975. The van der Waals surface area contributed by atoms with Crippen LogP contribution in [-0.2, 0) is 0 Å². The average molecular weight is 264 g/mol. The predicted molar refractivity (Wildman–Crippen MR) is 77.7 cm³/mol. The van der Waals surface area contributed by atoms with Gasteiger partial charge in [-0.2, -0.15) is 0 Å². The van der Waals surface area contributed by atoms with Crippen molar-refractivity contribution < 1.29 is 4.39 Å². The minimum Gasteiger partial charge on any atom is -0.309 e. The van der Waals surface area contributed by atoms with E-state index in [0.29, 0.717) is 0 Å². The van der Waals surface area contributed by atoms with Crippen molar-refractivity contribution in [3.63, 3.8) is 0 Å². The van der Waals surface area contributed by atoms with Gasteiger partial charge in [-0.3, -0.25) is 0 Å². The van der Waals surface area contributed by atoms with Gasteiger partial charge < -0.3 is 10.2 Å². The summed E-state index contributed by atoms with van der Waals surface area (Å²) >= 11 is 0. The van der Waals surface area contributed by atoms with Crippen molar-refractivity contribution in [1.82, 2.24) is 10.2 Å². The van der Waals surface area contributed by atoms with Gasteiger partial charge in [-0.05, 0) is 31.5 Å². The van der Waals surface area contributed by atoms with E-state index in [9.17, 15) is 4.39 Å². The molecule has 1 fully saturated rings. The molecular weight excluding hydrogens is 239 g/mol. The molecule has 2 rings (SSSR count). The van der Waals surface area contributed by atoms with Gasteiger partial charge in [0.25, 0.3) is 0 Å². The summed E-state index contributed by atoms with van der Waals surface area (Å²) in [6, 6.07) is 7.22. The molecule has 2 nitrogen and oxygen atoms in total. The van der Waals surface area contributed by atoms with Crippen LogP contribution in [0.2, 0.25) is 0 Å². The van der Waals surface area contributed by atoms with E-state index in [-0.39, 0.29) is 11.9 Å². The molecule has 0 bridgehead atoms. The molecule has 2 atom stereocenters. The number of rotatable bonds is 6. The van der Waals surface area contributed by atoms with Crippen LogP contribution in [0.15, 0.2) is 24.3 Å². The summed E-state index contributed by atoms with van der Waals surface area (Å²) in [5, 5.41) is 3.42. The van der Waals surface area contributed by atoms with Crippen LogP contribution >= 0.6 is 0 Å². The fraction of sp³-hybridized carbons (Fsp3) is 0.625. The molecule has 1 N–H and O–H groups in total. The number of benzene rings is 1. The zero-order valence-corrected chi connectivity index (χ0v) is 12.0. The van der Waals surface area contributed by atoms with Crippen LogP contribution < -0.4 is 5.32 Å². The Morgan fingerprint density at radius 2 is 2.16 bits per heavy atom. The number of halogens is 1. The van der Waals surface area contributed by atoms with Gasteiger partial charge in [0, 0.05) is 24.7 Å². The Hall–Kier alpha value is -0.930. The second-order valence-corrected chi connectivity index (χ2v) is 5.45. The molecule has 1 aromatic carbocycles. The molecule has 106 valence electrons. The fourth-order valence-corrected chi connectivity index (χ4v) is 2.95. The molecule has 1 aliphatic heterocycles. The van der Waals surface area contributed by atoms with Crippen LogP contribution in [0.4, 0.5) is 4.39 Å². The predicted octanol–water partition coefficient (Wildman–Crippen LogP) is 3.21. The van der Waals surface area contributed by atoms with Crippen molar-refractivity contribution in [1.29, 1.82) is 0 Å². The summed E-state index contributed by atoms with van der Waals surface area (Å²) in [4.78, 5) is 2.47. The highest BCUT2D eigenvalue weighted by molar-refractivity contribution is 5.21. The zero-order chi connectivity index (χ0) is 13.7. The fourth-order valence-electron chi connectivity index (χ4n) is 2.95. The molecule has 1 aliphatic rings. The van der Waals surface area contributed by atoms with E-state index in [1.54, 1.807) is 12.1 Å². The Kier molecular flexibility index (Phi) is 5.34. The van der Waals surface area contributed by atoms with E-state index in [0.717, 1.165) is 37.7 Å². The highest BCUT2D eigenvalue weighted by Crippen LogP contribution is 2.23. The standard InChI is InChI=1S/C16H25FN2/c1-3-13-9-10-19(11-13)12-16(18-4-2)14-7-5-6-8-15(14)17/h5-8,13,16,18H,3-4,9-12H2,1-2H3. The number of likely N-dealkylation sites (tertiary alicyclic amines) is 1. The minimum absolute atomic E-state index is 0.0975. The van der Waals surface area contributed by atoms with E-state index in [4.69, 9.17) is 0 Å². The first-order chi connectivity index (χ1) is 9.24. The van der Waals surface area contributed by atoms with Crippen molar-refractivity contribution in [2.24, 2.45) is 5.92 Å². The van der Waals surface area contributed by atoms with Crippen molar-refractivity contribution >= 4 is 0 Å². The lowest BCUT2D eigenvalue weighted by Gasteiger charge is -2.25. The number of hydrogen-bond acceptors (Lipinski definition) is 2. The normalized spacial score (nSPS) is 21.7. The number of nitrogens with zero attached hydrogens (tertiary/aromatic N) is 1. The van der Waals surface area contributed by atoms with Crippen LogP contribution in [0.25, 0.3) is 0 Å². The Bertz CT molecular complexity index is 394. The maximum absolute atomic E-state index is 13.9. The van der Waals surface area contributed by atoms with Crippen molar-refractivity contribution in [2.75, 3.05) is 26.2 Å². The topological polar surface area (TPSA) is 15.3 Å². The summed E-state index contributed by atoms with van der Waals surface area (Å²) < 4.78 is 13.9. The molecule has 0 radical (unpaired) electrons. The highest BCUT2D eigenvalue weighted by atomic mass is 19.1. The molecule has 1 heterocycles. The Morgan fingerprint density at radius 3 is 2.79 bits per heavy atom. The molecule has 2 unspecified atom stereocenters. The largest absolute Gasteiger partial charge is 0.309 e. The van der Waals surface area contributed by atoms with E-state index < -0.39 is 0 Å². The maximum atomic E-state index is 13.9. The molecule has 0 aliphatic carbocycles. The number of hydrogen-bond donors (Lipinski definition) is 1. The van der Waals surface area contributed by atoms with E-state index in [1.807, 2.05) is 12.1 Å². The average Bonchev–Trinajstić information content (AvgIpc) is 2.87. The van der Waals surface area contributed by atoms with Gasteiger partial charge in [0.2, 0.25) is 0 Å². The molecule has 0 spiro atoms. The molecule has 0 amide bonds. The summed E-state index contributed by atoms with van der Waals surface area (Å²) in [7, 11) is 0. The first-order valence-electron chi connectivity index (χ1n) is 7.44. The molecular formula is C16H25FN2. The van der Waals surface area contributed by atoms with Crippen molar-refractivity contribution in [3.8, 4) is 0 Å². The van der Waals surface area contributed by atoms with E-state index >= 15 is 0 Å². The summed E-state index contributed by atoms with van der Waals surface area (Å²) in [6.07, 6.45) is 2.54. The summed E-state index contributed by atoms with van der Waals surface area (Å²) in [5.41, 5.74) is 0.796. The lowest BCUT2D eigenvalue weighted by molar-refractivity contribution is 0.280. The third-order valence-corrected chi connectivity index (χ3v) is 4.12. The zero-order valence-electron chi connectivity index (χ0n) is 12.0.